The second-order valence-corrected chi connectivity index (χ2v) is 5.52. The lowest BCUT2D eigenvalue weighted by atomic mass is 10.2. The lowest BCUT2D eigenvalue weighted by molar-refractivity contribution is -0.384. The van der Waals surface area contributed by atoms with E-state index in [0.29, 0.717) is 16.4 Å². The van der Waals surface area contributed by atoms with Crippen LogP contribution in [-0.2, 0) is 4.79 Å². The first-order valence-corrected chi connectivity index (χ1v) is 7.54. The highest BCUT2D eigenvalue weighted by atomic mass is 35.5. The van der Waals surface area contributed by atoms with E-state index in [-0.39, 0.29) is 16.3 Å². The molecule has 0 saturated carbocycles. The Balaban J connectivity index is 2.12. The van der Waals surface area contributed by atoms with Crippen LogP contribution in [0.2, 0.25) is 10.0 Å². The first-order valence-electron chi connectivity index (χ1n) is 6.78. The molecule has 0 fully saturated rings. The maximum Gasteiger partial charge on any atom is 0.271 e. The lowest BCUT2D eigenvalue weighted by Crippen LogP contribution is -2.14. The number of non-ortho nitro benzene ring substituents is 1. The Morgan fingerprint density at radius 2 is 1.92 bits per heavy atom. The van der Waals surface area contributed by atoms with Gasteiger partial charge in [-0.1, -0.05) is 29.3 Å². The molecule has 0 bridgehead atoms. The highest BCUT2D eigenvalue weighted by molar-refractivity contribution is 6.42. The monoisotopic (exact) mass is 376 g/mol. The van der Waals surface area contributed by atoms with Crippen molar-refractivity contribution in [2.24, 2.45) is 0 Å². The molecule has 0 aliphatic heterocycles. The van der Waals surface area contributed by atoms with Gasteiger partial charge in [0.1, 0.15) is 11.6 Å². The SMILES string of the molecule is N#C/C(=C/Nc1cccc([N+](=O)[O-])c1)C(=O)Nc1ccc(Cl)c(Cl)c1. The van der Waals surface area contributed by atoms with Gasteiger partial charge in [-0.15, -0.1) is 0 Å². The van der Waals surface area contributed by atoms with E-state index >= 15 is 0 Å². The minimum atomic E-state index is -0.668. The molecule has 7 nitrogen and oxygen atoms in total. The van der Waals surface area contributed by atoms with Crippen molar-refractivity contribution < 1.29 is 9.72 Å². The standard InChI is InChI=1S/C16H10Cl2N4O3/c17-14-5-4-12(7-15(14)18)21-16(23)10(8-19)9-20-11-2-1-3-13(6-11)22(24)25/h1-7,9,20H,(H,21,23)/b10-9-. The van der Waals surface area contributed by atoms with Gasteiger partial charge in [-0.25, -0.2) is 0 Å². The number of hydrogen-bond donors (Lipinski definition) is 2. The Hall–Kier alpha value is -3.08. The van der Waals surface area contributed by atoms with Crippen molar-refractivity contribution in [3.05, 3.63) is 74.4 Å². The van der Waals surface area contributed by atoms with E-state index in [0.717, 1.165) is 6.20 Å². The van der Waals surface area contributed by atoms with E-state index < -0.39 is 10.8 Å². The van der Waals surface area contributed by atoms with E-state index in [9.17, 15) is 14.9 Å². The van der Waals surface area contributed by atoms with Gasteiger partial charge in [-0.2, -0.15) is 5.26 Å². The highest BCUT2D eigenvalue weighted by Gasteiger charge is 2.11. The van der Waals surface area contributed by atoms with Crippen molar-refractivity contribution in [3.63, 3.8) is 0 Å². The molecule has 25 heavy (non-hydrogen) atoms. The summed E-state index contributed by atoms with van der Waals surface area (Å²) in [5, 5.41) is 25.6. The minimum Gasteiger partial charge on any atom is -0.360 e. The lowest BCUT2D eigenvalue weighted by Gasteiger charge is -2.06. The van der Waals surface area contributed by atoms with Crippen LogP contribution < -0.4 is 10.6 Å². The number of carbonyl (C=O) groups excluding carboxylic acids is 1. The molecule has 9 heteroatoms. The van der Waals surface area contributed by atoms with Gasteiger partial charge in [-0.05, 0) is 24.3 Å². The molecule has 0 aliphatic carbocycles. The fourth-order valence-electron chi connectivity index (χ4n) is 1.79. The Morgan fingerprint density at radius 3 is 2.56 bits per heavy atom. The van der Waals surface area contributed by atoms with E-state index in [1.165, 1.54) is 36.4 Å². The first kappa shape index (κ1) is 18.3. The second kappa shape index (κ2) is 8.15. The topological polar surface area (TPSA) is 108 Å². The number of amides is 1. The molecule has 1 amide bonds. The van der Waals surface area contributed by atoms with Crippen LogP contribution in [0.5, 0.6) is 0 Å². The molecule has 126 valence electrons. The summed E-state index contributed by atoms with van der Waals surface area (Å²) >= 11 is 11.7. The Morgan fingerprint density at radius 1 is 1.16 bits per heavy atom. The number of halogens is 2. The number of hydrogen-bond acceptors (Lipinski definition) is 5. The molecule has 0 radical (unpaired) electrons. The fraction of sp³-hybridized carbons (Fsp3) is 0. The third-order valence-corrected chi connectivity index (χ3v) is 3.72. The first-order chi connectivity index (χ1) is 11.9. The Kier molecular flexibility index (Phi) is 5.95. The number of carbonyl (C=O) groups is 1. The molecule has 2 N–H and O–H groups in total. The van der Waals surface area contributed by atoms with Gasteiger partial charge < -0.3 is 10.6 Å². The number of nitro groups is 1. The quantitative estimate of drug-likeness (QED) is 0.348. The smallest absolute Gasteiger partial charge is 0.271 e. The molecule has 0 atom stereocenters. The average Bonchev–Trinajstić information content (AvgIpc) is 2.59. The summed E-state index contributed by atoms with van der Waals surface area (Å²) in [6.07, 6.45) is 1.16. The normalized spacial score (nSPS) is 10.7. The zero-order valence-corrected chi connectivity index (χ0v) is 14.0. The van der Waals surface area contributed by atoms with Crippen LogP contribution in [0.15, 0.2) is 54.2 Å². The Labute approximate surface area is 152 Å². The molecular formula is C16H10Cl2N4O3. The second-order valence-electron chi connectivity index (χ2n) is 4.70. The van der Waals surface area contributed by atoms with E-state index in [1.807, 2.05) is 0 Å². The molecule has 2 rings (SSSR count). The summed E-state index contributed by atoms with van der Waals surface area (Å²) in [6.45, 7) is 0. The third kappa shape index (κ3) is 4.94. The van der Waals surface area contributed by atoms with Crippen molar-refractivity contribution in [1.82, 2.24) is 0 Å². The zero-order valence-electron chi connectivity index (χ0n) is 12.5. The molecule has 0 aliphatic rings. The van der Waals surface area contributed by atoms with Crippen LogP contribution in [0.25, 0.3) is 0 Å². The maximum absolute atomic E-state index is 12.1. The molecule has 2 aromatic rings. The van der Waals surface area contributed by atoms with Gasteiger partial charge >= 0.3 is 0 Å². The van der Waals surface area contributed by atoms with Crippen LogP contribution in [0.3, 0.4) is 0 Å². The number of nitriles is 1. The zero-order chi connectivity index (χ0) is 18.4. The summed E-state index contributed by atoms with van der Waals surface area (Å²) in [7, 11) is 0. The van der Waals surface area contributed by atoms with Gasteiger partial charge in [0, 0.05) is 29.7 Å². The fourth-order valence-corrected chi connectivity index (χ4v) is 2.08. The predicted molar refractivity (Wildman–Crippen MR) is 95.5 cm³/mol. The molecule has 0 saturated heterocycles. The minimum absolute atomic E-state index is 0.114. The Bertz CT molecular complexity index is 906. The number of nitrogens with one attached hydrogen (secondary N) is 2. The van der Waals surface area contributed by atoms with Crippen molar-refractivity contribution in [1.29, 1.82) is 5.26 Å². The van der Waals surface area contributed by atoms with E-state index in [4.69, 9.17) is 28.5 Å². The largest absolute Gasteiger partial charge is 0.360 e. The van der Waals surface area contributed by atoms with Crippen LogP contribution in [0, 0.1) is 21.4 Å². The van der Waals surface area contributed by atoms with Crippen molar-refractivity contribution >= 4 is 46.2 Å². The summed E-state index contributed by atoms with van der Waals surface area (Å²) in [6, 6.07) is 11.9. The molecule has 2 aromatic carbocycles. The maximum atomic E-state index is 12.1. The number of nitro benzene ring substituents is 1. The summed E-state index contributed by atoms with van der Waals surface area (Å²) in [5.74, 6) is -0.668. The average molecular weight is 377 g/mol. The van der Waals surface area contributed by atoms with Crippen LogP contribution in [-0.4, -0.2) is 10.8 Å². The van der Waals surface area contributed by atoms with Crippen LogP contribution in [0.4, 0.5) is 17.1 Å². The molecule has 0 aromatic heterocycles. The van der Waals surface area contributed by atoms with Crippen LogP contribution >= 0.6 is 23.2 Å². The number of rotatable bonds is 5. The summed E-state index contributed by atoms with van der Waals surface area (Å²) < 4.78 is 0. The molecule has 0 heterocycles. The predicted octanol–water partition coefficient (Wildman–Crippen LogP) is 4.36. The van der Waals surface area contributed by atoms with Crippen molar-refractivity contribution in [2.75, 3.05) is 10.6 Å². The van der Waals surface area contributed by atoms with E-state index in [2.05, 4.69) is 10.6 Å². The van der Waals surface area contributed by atoms with Gasteiger partial charge in [0.05, 0.1) is 15.0 Å². The van der Waals surface area contributed by atoms with Gasteiger partial charge in [0.25, 0.3) is 11.6 Å². The number of nitrogens with zero attached hydrogens (tertiary/aromatic N) is 2. The summed E-state index contributed by atoms with van der Waals surface area (Å²) in [5.41, 5.74) is 0.398. The molecule has 0 spiro atoms. The van der Waals surface area contributed by atoms with Crippen molar-refractivity contribution in [2.45, 2.75) is 0 Å². The van der Waals surface area contributed by atoms with Crippen LogP contribution in [0.1, 0.15) is 0 Å². The van der Waals surface area contributed by atoms with Gasteiger partial charge in [0.15, 0.2) is 0 Å². The van der Waals surface area contributed by atoms with E-state index in [1.54, 1.807) is 12.1 Å². The van der Waals surface area contributed by atoms with Gasteiger partial charge in [0.2, 0.25) is 0 Å². The van der Waals surface area contributed by atoms with Gasteiger partial charge in [-0.3, -0.25) is 14.9 Å². The number of anilines is 2. The molecule has 0 unspecified atom stereocenters. The molecular weight excluding hydrogens is 367 g/mol. The van der Waals surface area contributed by atoms with Crippen molar-refractivity contribution in [3.8, 4) is 6.07 Å². The highest BCUT2D eigenvalue weighted by Crippen LogP contribution is 2.25. The number of benzene rings is 2. The third-order valence-electron chi connectivity index (χ3n) is 2.98. The summed E-state index contributed by atoms with van der Waals surface area (Å²) in [4.78, 5) is 22.3.